The number of benzene rings is 2. The molecule has 5 heteroatoms. The van der Waals surface area contributed by atoms with Crippen molar-refractivity contribution < 1.29 is 14.1 Å². The quantitative estimate of drug-likeness (QED) is 0.799. The molecule has 2 heterocycles. The second kappa shape index (κ2) is 6.39. The van der Waals surface area contributed by atoms with Crippen molar-refractivity contribution in [3.63, 3.8) is 0 Å². The zero-order valence-electron chi connectivity index (χ0n) is 15.1. The molecular formula is C20H24BNO3. The van der Waals surface area contributed by atoms with Crippen molar-refractivity contribution in [3.05, 3.63) is 59.7 Å². The molecule has 2 aromatic rings. The van der Waals surface area contributed by atoms with Crippen LogP contribution in [0.15, 0.2) is 48.5 Å². The Kier molecular flexibility index (Phi) is 4.22. The summed E-state index contributed by atoms with van der Waals surface area (Å²) >= 11 is 0. The lowest BCUT2D eigenvalue weighted by atomic mass is 9.78. The second-order valence-electron chi connectivity index (χ2n) is 6.75. The third-order valence-electron chi connectivity index (χ3n) is 5.60. The Labute approximate surface area is 149 Å². The van der Waals surface area contributed by atoms with Crippen molar-refractivity contribution in [2.24, 2.45) is 0 Å². The molecule has 0 spiro atoms. The Hall–Kier alpha value is -1.98. The standard InChI is InChI=1S/C20H24BNO3/c1-21-22-14-8-13-19(22)20(25-21,15-9-4-6-11-17(15)23-2)16-10-5-7-12-18(16)24-3/h4-7,9-12,19H,8,13-14H2,1-3H3/t19-/m0/s1. The van der Waals surface area contributed by atoms with Gasteiger partial charge in [-0.05, 0) is 38.3 Å². The number of nitrogens with zero attached hydrogens (tertiary/aromatic N) is 1. The van der Waals surface area contributed by atoms with Crippen LogP contribution in [0.1, 0.15) is 24.0 Å². The summed E-state index contributed by atoms with van der Waals surface area (Å²) < 4.78 is 18.2. The largest absolute Gasteiger partial charge is 0.496 e. The van der Waals surface area contributed by atoms with Crippen LogP contribution >= 0.6 is 0 Å². The molecule has 4 nitrogen and oxygen atoms in total. The van der Waals surface area contributed by atoms with Gasteiger partial charge in [-0.15, -0.1) is 0 Å². The van der Waals surface area contributed by atoms with E-state index in [4.69, 9.17) is 14.1 Å². The maximum Gasteiger partial charge on any atom is 0.380 e. The number of hydrogen-bond acceptors (Lipinski definition) is 4. The van der Waals surface area contributed by atoms with E-state index in [1.165, 1.54) is 6.42 Å². The molecule has 2 aliphatic heterocycles. The van der Waals surface area contributed by atoms with Gasteiger partial charge in [0, 0.05) is 17.2 Å². The molecule has 2 saturated heterocycles. The Balaban J connectivity index is 2.00. The van der Waals surface area contributed by atoms with Gasteiger partial charge in [-0.1, -0.05) is 36.4 Å². The van der Waals surface area contributed by atoms with Crippen LogP contribution in [-0.2, 0) is 10.3 Å². The SMILES string of the molecule is COc1ccccc1C1(c2ccccc2OC)OB(C)N2CCC[C@H]21. The van der Waals surface area contributed by atoms with E-state index in [2.05, 4.69) is 35.9 Å². The summed E-state index contributed by atoms with van der Waals surface area (Å²) in [6.07, 6.45) is 2.28. The van der Waals surface area contributed by atoms with Gasteiger partial charge in [-0.2, -0.15) is 0 Å². The highest BCUT2D eigenvalue weighted by molar-refractivity contribution is 6.48. The van der Waals surface area contributed by atoms with E-state index < -0.39 is 5.60 Å². The Bertz CT molecular complexity index is 719. The van der Waals surface area contributed by atoms with Crippen molar-refractivity contribution in [3.8, 4) is 11.5 Å². The number of ether oxygens (including phenoxy) is 2. The van der Waals surface area contributed by atoms with Gasteiger partial charge in [-0.3, -0.25) is 0 Å². The molecule has 4 rings (SSSR count). The van der Waals surface area contributed by atoms with Crippen LogP contribution in [0.4, 0.5) is 0 Å². The molecule has 0 unspecified atom stereocenters. The van der Waals surface area contributed by atoms with Crippen LogP contribution in [0.25, 0.3) is 0 Å². The summed E-state index contributed by atoms with van der Waals surface area (Å²) in [5.74, 6) is 1.71. The zero-order chi connectivity index (χ0) is 17.4. The van der Waals surface area contributed by atoms with Crippen LogP contribution < -0.4 is 9.47 Å². The van der Waals surface area contributed by atoms with Gasteiger partial charge < -0.3 is 18.9 Å². The highest BCUT2D eigenvalue weighted by atomic mass is 16.5. The summed E-state index contributed by atoms with van der Waals surface area (Å²) in [6.45, 7) is 3.21. The first kappa shape index (κ1) is 16.5. The average Bonchev–Trinajstić information content (AvgIpc) is 3.25. The minimum absolute atomic E-state index is 0.0577. The Morgan fingerprint density at radius 3 is 2.12 bits per heavy atom. The van der Waals surface area contributed by atoms with Crippen molar-refractivity contribution >= 4 is 7.05 Å². The summed E-state index contributed by atoms with van der Waals surface area (Å²) in [5.41, 5.74) is 1.56. The fourth-order valence-electron chi connectivity index (χ4n) is 4.61. The van der Waals surface area contributed by atoms with Gasteiger partial charge in [0.25, 0.3) is 0 Å². The third-order valence-corrected chi connectivity index (χ3v) is 5.60. The third kappa shape index (κ3) is 2.37. The molecule has 0 amide bonds. The van der Waals surface area contributed by atoms with Gasteiger partial charge in [-0.25, -0.2) is 0 Å². The summed E-state index contributed by atoms with van der Waals surface area (Å²) in [7, 11) is 3.50. The Morgan fingerprint density at radius 1 is 1.00 bits per heavy atom. The van der Waals surface area contributed by atoms with Gasteiger partial charge in [0.05, 0.1) is 14.2 Å². The minimum Gasteiger partial charge on any atom is -0.496 e. The number of para-hydroxylation sites is 2. The van der Waals surface area contributed by atoms with E-state index in [1.807, 2.05) is 24.3 Å². The predicted molar refractivity (Wildman–Crippen MR) is 99.2 cm³/mol. The molecule has 0 bridgehead atoms. The van der Waals surface area contributed by atoms with Crippen LogP contribution in [0.5, 0.6) is 11.5 Å². The maximum atomic E-state index is 6.74. The van der Waals surface area contributed by atoms with Crippen molar-refractivity contribution in [1.29, 1.82) is 0 Å². The molecule has 0 radical (unpaired) electrons. The van der Waals surface area contributed by atoms with E-state index in [0.717, 1.165) is 35.6 Å². The lowest BCUT2D eigenvalue weighted by Crippen LogP contribution is -2.41. The molecule has 0 N–H and O–H groups in total. The molecule has 2 fully saturated rings. The molecule has 25 heavy (non-hydrogen) atoms. The fourth-order valence-corrected chi connectivity index (χ4v) is 4.61. The van der Waals surface area contributed by atoms with Crippen molar-refractivity contribution in [2.75, 3.05) is 20.8 Å². The maximum absolute atomic E-state index is 6.74. The van der Waals surface area contributed by atoms with Crippen molar-refractivity contribution in [2.45, 2.75) is 31.3 Å². The minimum atomic E-state index is -0.588. The molecule has 2 aromatic carbocycles. The first-order valence-electron chi connectivity index (χ1n) is 8.93. The van der Waals surface area contributed by atoms with Gasteiger partial charge in [0.1, 0.15) is 17.1 Å². The fraction of sp³-hybridized carbons (Fsp3) is 0.400. The molecule has 130 valence electrons. The second-order valence-corrected chi connectivity index (χ2v) is 6.75. The summed E-state index contributed by atoms with van der Waals surface area (Å²) in [5, 5.41) is 0. The van der Waals surface area contributed by atoms with E-state index in [1.54, 1.807) is 14.2 Å². The van der Waals surface area contributed by atoms with E-state index in [0.29, 0.717) is 0 Å². The molecule has 0 aliphatic carbocycles. The summed E-state index contributed by atoms with van der Waals surface area (Å²) in [4.78, 5) is 2.47. The highest BCUT2D eigenvalue weighted by Gasteiger charge is 2.58. The zero-order valence-corrected chi connectivity index (χ0v) is 15.1. The molecule has 0 aromatic heterocycles. The number of hydrogen-bond donors (Lipinski definition) is 0. The van der Waals surface area contributed by atoms with Crippen LogP contribution in [-0.4, -0.2) is 38.7 Å². The average molecular weight is 337 g/mol. The normalized spacial score (nSPS) is 22.0. The van der Waals surface area contributed by atoms with Crippen LogP contribution in [0, 0.1) is 0 Å². The number of fused-ring (bicyclic) bond motifs is 1. The van der Waals surface area contributed by atoms with E-state index >= 15 is 0 Å². The monoisotopic (exact) mass is 337 g/mol. The van der Waals surface area contributed by atoms with Crippen LogP contribution in [0.3, 0.4) is 0 Å². The van der Waals surface area contributed by atoms with E-state index in [-0.39, 0.29) is 13.1 Å². The lowest BCUT2D eigenvalue weighted by molar-refractivity contribution is 0.0988. The summed E-state index contributed by atoms with van der Waals surface area (Å²) in [6, 6.07) is 16.7. The van der Waals surface area contributed by atoms with Gasteiger partial charge in [0.2, 0.25) is 0 Å². The van der Waals surface area contributed by atoms with Crippen molar-refractivity contribution in [1.82, 2.24) is 4.81 Å². The molecular weight excluding hydrogens is 313 g/mol. The van der Waals surface area contributed by atoms with Gasteiger partial charge in [0.15, 0.2) is 0 Å². The number of rotatable bonds is 4. The van der Waals surface area contributed by atoms with Crippen LogP contribution in [0.2, 0.25) is 6.82 Å². The Morgan fingerprint density at radius 2 is 1.56 bits per heavy atom. The topological polar surface area (TPSA) is 30.9 Å². The lowest BCUT2D eigenvalue weighted by Gasteiger charge is -2.37. The number of methoxy groups -OCH3 is 2. The molecule has 0 saturated carbocycles. The van der Waals surface area contributed by atoms with E-state index in [9.17, 15) is 0 Å². The first-order chi connectivity index (χ1) is 12.2. The molecule has 2 aliphatic rings. The van der Waals surface area contributed by atoms with Gasteiger partial charge >= 0.3 is 7.05 Å². The predicted octanol–water partition coefficient (Wildman–Crippen LogP) is 3.56. The molecule has 1 atom stereocenters. The smallest absolute Gasteiger partial charge is 0.380 e. The first-order valence-corrected chi connectivity index (χ1v) is 8.93. The highest BCUT2D eigenvalue weighted by Crippen LogP contribution is 2.53.